The van der Waals surface area contributed by atoms with E-state index in [1.54, 1.807) is 42.7 Å². The Hall–Kier alpha value is -2.44. The van der Waals surface area contributed by atoms with E-state index in [1.807, 2.05) is 0 Å². The standard InChI is InChI=1S/C15H13ClN4O2/c16-11-4-2-10(3-5-11)13(21)9-18-15(22)12-8-19-20-7-1-6-17-14(12)20/h1-8,13,21H,9H2,(H,18,22). The molecule has 0 bridgehead atoms. The number of carbonyl (C=O) groups excluding carboxylic acids is 1. The van der Waals surface area contributed by atoms with Gasteiger partial charge in [0.1, 0.15) is 5.56 Å². The minimum absolute atomic E-state index is 0.0879. The maximum Gasteiger partial charge on any atom is 0.256 e. The van der Waals surface area contributed by atoms with Crippen LogP contribution >= 0.6 is 11.6 Å². The third-order valence-electron chi connectivity index (χ3n) is 3.23. The Morgan fingerprint density at radius 3 is 2.91 bits per heavy atom. The molecule has 2 heterocycles. The Kier molecular flexibility index (Phi) is 4.04. The Bertz CT molecular complexity index is 801. The molecular weight excluding hydrogens is 304 g/mol. The van der Waals surface area contributed by atoms with Crippen molar-refractivity contribution in [3.8, 4) is 0 Å². The van der Waals surface area contributed by atoms with Crippen molar-refractivity contribution >= 4 is 23.2 Å². The second-order valence-electron chi connectivity index (χ2n) is 4.72. The van der Waals surface area contributed by atoms with Crippen LogP contribution in [0.5, 0.6) is 0 Å². The predicted molar refractivity (Wildman–Crippen MR) is 81.7 cm³/mol. The molecule has 0 spiro atoms. The van der Waals surface area contributed by atoms with Crippen molar-refractivity contribution in [3.05, 3.63) is 65.1 Å². The average Bonchev–Trinajstić information content (AvgIpc) is 2.97. The fraction of sp³-hybridized carbons (Fsp3) is 0.133. The molecule has 0 radical (unpaired) electrons. The SMILES string of the molecule is O=C(NCC(O)c1ccc(Cl)cc1)c1cnn2cccnc12. The summed E-state index contributed by atoms with van der Waals surface area (Å²) in [6.07, 6.45) is 3.95. The molecule has 1 unspecified atom stereocenters. The number of aliphatic hydroxyl groups excluding tert-OH is 1. The molecular formula is C15H13ClN4O2. The van der Waals surface area contributed by atoms with Crippen LogP contribution in [0.2, 0.25) is 5.02 Å². The second-order valence-corrected chi connectivity index (χ2v) is 5.16. The van der Waals surface area contributed by atoms with Gasteiger partial charge in [0.25, 0.3) is 5.91 Å². The normalized spacial score (nSPS) is 12.3. The van der Waals surface area contributed by atoms with Crippen LogP contribution in [-0.2, 0) is 0 Å². The van der Waals surface area contributed by atoms with Crippen molar-refractivity contribution < 1.29 is 9.90 Å². The third kappa shape index (κ3) is 2.93. The zero-order valence-corrected chi connectivity index (χ0v) is 12.2. The van der Waals surface area contributed by atoms with Crippen molar-refractivity contribution in [1.82, 2.24) is 19.9 Å². The number of aromatic nitrogens is 3. The zero-order chi connectivity index (χ0) is 15.5. The summed E-state index contributed by atoms with van der Waals surface area (Å²) >= 11 is 5.80. The number of benzene rings is 1. The number of rotatable bonds is 4. The Labute approximate surface area is 131 Å². The van der Waals surface area contributed by atoms with Crippen molar-refractivity contribution in [2.75, 3.05) is 6.54 Å². The van der Waals surface area contributed by atoms with Gasteiger partial charge in [0.15, 0.2) is 5.65 Å². The third-order valence-corrected chi connectivity index (χ3v) is 3.49. The van der Waals surface area contributed by atoms with E-state index < -0.39 is 6.10 Å². The van der Waals surface area contributed by atoms with Crippen molar-refractivity contribution in [2.24, 2.45) is 0 Å². The van der Waals surface area contributed by atoms with Crippen LogP contribution in [0.4, 0.5) is 0 Å². The van der Waals surface area contributed by atoms with E-state index in [9.17, 15) is 9.90 Å². The number of fused-ring (bicyclic) bond motifs is 1. The summed E-state index contributed by atoms with van der Waals surface area (Å²) in [7, 11) is 0. The van der Waals surface area contributed by atoms with Crippen molar-refractivity contribution in [1.29, 1.82) is 0 Å². The highest BCUT2D eigenvalue weighted by Gasteiger charge is 2.15. The topological polar surface area (TPSA) is 79.5 Å². The van der Waals surface area contributed by atoms with Gasteiger partial charge < -0.3 is 10.4 Å². The molecule has 0 saturated carbocycles. The van der Waals surface area contributed by atoms with E-state index in [0.717, 1.165) is 0 Å². The van der Waals surface area contributed by atoms with Crippen LogP contribution in [0.15, 0.2) is 48.9 Å². The van der Waals surface area contributed by atoms with Gasteiger partial charge in [-0.1, -0.05) is 23.7 Å². The fourth-order valence-electron chi connectivity index (χ4n) is 2.07. The van der Waals surface area contributed by atoms with E-state index in [4.69, 9.17) is 11.6 Å². The fourth-order valence-corrected chi connectivity index (χ4v) is 2.20. The maximum absolute atomic E-state index is 12.2. The van der Waals surface area contributed by atoms with E-state index in [-0.39, 0.29) is 12.5 Å². The highest BCUT2D eigenvalue weighted by atomic mass is 35.5. The molecule has 22 heavy (non-hydrogen) atoms. The number of nitrogens with zero attached hydrogens (tertiary/aromatic N) is 3. The van der Waals surface area contributed by atoms with Crippen LogP contribution < -0.4 is 5.32 Å². The van der Waals surface area contributed by atoms with Crippen LogP contribution in [0.3, 0.4) is 0 Å². The summed E-state index contributed by atoms with van der Waals surface area (Å²) in [6, 6.07) is 8.55. The summed E-state index contributed by atoms with van der Waals surface area (Å²) < 4.78 is 1.52. The van der Waals surface area contributed by atoms with Gasteiger partial charge in [0.05, 0.1) is 12.3 Å². The smallest absolute Gasteiger partial charge is 0.256 e. The molecule has 7 heteroatoms. The number of carbonyl (C=O) groups is 1. The number of amides is 1. The highest BCUT2D eigenvalue weighted by molar-refractivity contribution is 6.30. The van der Waals surface area contributed by atoms with Gasteiger partial charge in [-0.25, -0.2) is 9.50 Å². The summed E-state index contributed by atoms with van der Waals surface area (Å²) in [6.45, 7) is 0.0879. The molecule has 1 aromatic carbocycles. The lowest BCUT2D eigenvalue weighted by molar-refractivity contribution is 0.0917. The summed E-state index contributed by atoms with van der Waals surface area (Å²) in [5.41, 5.74) is 1.52. The quantitative estimate of drug-likeness (QED) is 0.770. The van der Waals surface area contributed by atoms with Gasteiger partial charge in [0.2, 0.25) is 0 Å². The van der Waals surface area contributed by atoms with Gasteiger partial charge in [0, 0.05) is 24.0 Å². The molecule has 1 atom stereocenters. The first-order valence-corrected chi connectivity index (χ1v) is 7.03. The van der Waals surface area contributed by atoms with Crippen LogP contribution in [-0.4, -0.2) is 32.2 Å². The first-order chi connectivity index (χ1) is 10.6. The van der Waals surface area contributed by atoms with E-state index in [2.05, 4.69) is 15.4 Å². The molecule has 2 N–H and O–H groups in total. The summed E-state index contributed by atoms with van der Waals surface area (Å²) in [5.74, 6) is -0.332. The lowest BCUT2D eigenvalue weighted by Gasteiger charge is -2.12. The Morgan fingerprint density at radius 1 is 1.36 bits per heavy atom. The van der Waals surface area contributed by atoms with Crippen LogP contribution in [0, 0.1) is 0 Å². The molecule has 0 aliphatic heterocycles. The van der Waals surface area contributed by atoms with Gasteiger partial charge in [-0.15, -0.1) is 0 Å². The Morgan fingerprint density at radius 2 is 2.14 bits per heavy atom. The van der Waals surface area contributed by atoms with Gasteiger partial charge in [-0.05, 0) is 23.8 Å². The lowest BCUT2D eigenvalue weighted by Crippen LogP contribution is -2.28. The first kappa shape index (κ1) is 14.5. The van der Waals surface area contributed by atoms with Crippen molar-refractivity contribution in [2.45, 2.75) is 6.10 Å². The van der Waals surface area contributed by atoms with Crippen LogP contribution in [0.25, 0.3) is 5.65 Å². The minimum atomic E-state index is -0.809. The largest absolute Gasteiger partial charge is 0.387 e. The Balaban J connectivity index is 1.68. The monoisotopic (exact) mass is 316 g/mol. The molecule has 2 aromatic heterocycles. The molecule has 0 saturated heterocycles. The number of aliphatic hydroxyl groups is 1. The molecule has 6 nitrogen and oxygen atoms in total. The first-order valence-electron chi connectivity index (χ1n) is 6.65. The second kappa shape index (κ2) is 6.13. The molecule has 0 aliphatic rings. The molecule has 1 amide bonds. The average molecular weight is 317 g/mol. The molecule has 0 fully saturated rings. The number of halogens is 1. The number of hydrogen-bond acceptors (Lipinski definition) is 4. The summed E-state index contributed by atoms with van der Waals surface area (Å²) in [5, 5.41) is 17.4. The van der Waals surface area contributed by atoms with E-state index >= 15 is 0 Å². The zero-order valence-electron chi connectivity index (χ0n) is 11.5. The predicted octanol–water partition coefficient (Wildman–Crippen LogP) is 1.85. The maximum atomic E-state index is 12.2. The van der Waals surface area contributed by atoms with E-state index in [0.29, 0.717) is 21.8 Å². The van der Waals surface area contributed by atoms with Gasteiger partial charge in [-0.3, -0.25) is 4.79 Å². The molecule has 3 aromatic rings. The van der Waals surface area contributed by atoms with Crippen LogP contribution in [0.1, 0.15) is 22.0 Å². The summed E-state index contributed by atoms with van der Waals surface area (Å²) in [4.78, 5) is 16.3. The van der Waals surface area contributed by atoms with E-state index in [1.165, 1.54) is 10.7 Å². The lowest BCUT2D eigenvalue weighted by atomic mass is 10.1. The molecule has 0 aliphatic carbocycles. The molecule has 112 valence electrons. The van der Waals surface area contributed by atoms with Gasteiger partial charge >= 0.3 is 0 Å². The number of hydrogen-bond donors (Lipinski definition) is 2. The van der Waals surface area contributed by atoms with Gasteiger partial charge in [-0.2, -0.15) is 5.10 Å². The highest BCUT2D eigenvalue weighted by Crippen LogP contribution is 2.16. The molecule has 3 rings (SSSR count). The number of nitrogens with one attached hydrogen (secondary N) is 1. The minimum Gasteiger partial charge on any atom is -0.387 e. The van der Waals surface area contributed by atoms with Crippen molar-refractivity contribution in [3.63, 3.8) is 0 Å².